The predicted octanol–water partition coefficient (Wildman–Crippen LogP) is 5.00. The van der Waals surface area contributed by atoms with Gasteiger partial charge in [-0.05, 0) is 55.7 Å². The maximum Gasteiger partial charge on any atom is 0.191 e. The zero-order valence-corrected chi connectivity index (χ0v) is 16.2. The quantitative estimate of drug-likeness (QED) is 0.572. The average molecular weight is 371 g/mol. The number of benzene rings is 2. The van der Waals surface area contributed by atoms with Crippen LogP contribution < -0.4 is 4.74 Å². The maximum atomic E-state index is 13.0. The third-order valence-electron chi connectivity index (χ3n) is 4.37. The fourth-order valence-corrected chi connectivity index (χ4v) is 3.50. The molecule has 1 atom stereocenters. The highest BCUT2D eigenvalue weighted by Gasteiger charge is 2.18. The fourth-order valence-electron chi connectivity index (χ4n) is 2.63. The Morgan fingerprint density at radius 1 is 1.12 bits per heavy atom. The first-order valence-electron chi connectivity index (χ1n) is 8.45. The Kier molecular flexibility index (Phi) is 5.61. The van der Waals surface area contributed by atoms with Crippen LogP contribution in [0.5, 0.6) is 5.75 Å². The molecule has 0 aliphatic heterocycles. The molecule has 0 fully saturated rings. The van der Waals surface area contributed by atoms with Crippen LogP contribution in [0.2, 0.25) is 0 Å². The smallest absolute Gasteiger partial charge is 0.191 e. The van der Waals surface area contributed by atoms with Crippen molar-refractivity contribution in [3.05, 3.63) is 70.8 Å². The summed E-state index contributed by atoms with van der Waals surface area (Å²) in [6.07, 6.45) is -0.215. The molecular formula is C20H22FN3OS. The van der Waals surface area contributed by atoms with E-state index in [9.17, 15) is 4.39 Å². The summed E-state index contributed by atoms with van der Waals surface area (Å²) in [5, 5.41) is 9.38. The van der Waals surface area contributed by atoms with Crippen molar-refractivity contribution in [1.82, 2.24) is 14.8 Å². The van der Waals surface area contributed by atoms with Crippen LogP contribution >= 0.6 is 11.8 Å². The van der Waals surface area contributed by atoms with E-state index >= 15 is 0 Å². The summed E-state index contributed by atoms with van der Waals surface area (Å²) in [6.45, 7) is 6.09. The summed E-state index contributed by atoms with van der Waals surface area (Å²) in [4.78, 5) is 0. The summed E-state index contributed by atoms with van der Waals surface area (Å²) >= 11 is 1.57. The van der Waals surface area contributed by atoms with E-state index in [0.717, 1.165) is 27.9 Å². The topological polar surface area (TPSA) is 39.9 Å². The van der Waals surface area contributed by atoms with Crippen LogP contribution in [0.3, 0.4) is 0 Å². The molecule has 1 aromatic heterocycles. The molecule has 0 N–H and O–H groups in total. The van der Waals surface area contributed by atoms with Crippen molar-refractivity contribution in [2.75, 3.05) is 0 Å². The Morgan fingerprint density at radius 3 is 2.58 bits per heavy atom. The van der Waals surface area contributed by atoms with Crippen LogP contribution in [0.4, 0.5) is 4.39 Å². The van der Waals surface area contributed by atoms with Crippen molar-refractivity contribution >= 4 is 11.8 Å². The Hall–Kier alpha value is -2.34. The second kappa shape index (κ2) is 7.91. The largest absolute Gasteiger partial charge is 0.482 e. The highest BCUT2D eigenvalue weighted by atomic mass is 32.2. The number of thioether (sulfide) groups is 1. The number of halogens is 1. The number of ether oxygens (including phenoxy) is 1. The molecular weight excluding hydrogens is 349 g/mol. The van der Waals surface area contributed by atoms with Crippen molar-refractivity contribution in [2.24, 2.45) is 7.05 Å². The van der Waals surface area contributed by atoms with Gasteiger partial charge >= 0.3 is 0 Å². The Labute approximate surface area is 157 Å². The fraction of sp³-hybridized carbons (Fsp3) is 0.300. The molecule has 0 aliphatic carbocycles. The molecule has 0 aliphatic rings. The van der Waals surface area contributed by atoms with E-state index in [1.165, 1.54) is 17.7 Å². The second-order valence-electron chi connectivity index (χ2n) is 6.27. The van der Waals surface area contributed by atoms with Crippen molar-refractivity contribution in [3.63, 3.8) is 0 Å². The van der Waals surface area contributed by atoms with Gasteiger partial charge in [-0.3, -0.25) is 0 Å². The van der Waals surface area contributed by atoms with Gasteiger partial charge in [0.2, 0.25) is 0 Å². The van der Waals surface area contributed by atoms with Gasteiger partial charge in [0.15, 0.2) is 17.1 Å². The standard InChI is InChI=1S/C20H22FN3OS/c1-13-6-5-7-18(14(13)2)25-15(3)19-22-23-20(24(19)4)26-12-16-8-10-17(21)11-9-16/h5-11,15H,12H2,1-4H3. The van der Waals surface area contributed by atoms with E-state index < -0.39 is 0 Å². The van der Waals surface area contributed by atoms with Gasteiger partial charge < -0.3 is 9.30 Å². The minimum Gasteiger partial charge on any atom is -0.482 e. The molecule has 0 radical (unpaired) electrons. The molecule has 0 spiro atoms. The molecule has 0 bridgehead atoms. The van der Waals surface area contributed by atoms with Gasteiger partial charge in [-0.1, -0.05) is 36.0 Å². The monoisotopic (exact) mass is 371 g/mol. The number of nitrogens with zero attached hydrogens (tertiary/aromatic N) is 3. The highest BCUT2D eigenvalue weighted by Crippen LogP contribution is 2.28. The number of hydrogen-bond donors (Lipinski definition) is 0. The SMILES string of the molecule is Cc1cccc(OC(C)c2nnc(SCc3ccc(F)cc3)n2C)c1C. The van der Waals surface area contributed by atoms with E-state index in [4.69, 9.17) is 4.74 Å². The molecule has 0 saturated heterocycles. The third kappa shape index (κ3) is 4.07. The number of rotatable bonds is 6. The zero-order valence-electron chi connectivity index (χ0n) is 15.4. The molecule has 3 aromatic rings. The van der Waals surface area contributed by atoms with E-state index in [0.29, 0.717) is 5.75 Å². The Morgan fingerprint density at radius 2 is 1.85 bits per heavy atom. The van der Waals surface area contributed by atoms with Gasteiger partial charge in [-0.25, -0.2) is 4.39 Å². The second-order valence-corrected chi connectivity index (χ2v) is 7.22. The lowest BCUT2D eigenvalue weighted by Gasteiger charge is -2.16. The summed E-state index contributed by atoms with van der Waals surface area (Å²) in [6, 6.07) is 12.5. The van der Waals surface area contributed by atoms with E-state index in [2.05, 4.69) is 30.1 Å². The minimum atomic E-state index is -0.225. The molecule has 136 valence electrons. The normalized spacial score (nSPS) is 12.2. The first kappa shape index (κ1) is 18.5. The van der Waals surface area contributed by atoms with Crippen LogP contribution in [-0.2, 0) is 12.8 Å². The molecule has 4 nitrogen and oxygen atoms in total. The zero-order chi connectivity index (χ0) is 18.7. The van der Waals surface area contributed by atoms with Crippen molar-refractivity contribution in [2.45, 2.75) is 37.8 Å². The van der Waals surface area contributed by atoms with Gasteiger partial charge in [0, 0.05) is 12.8 Å². The molecule has 1 unspecified atom stereocenters. The molecule has 6 heteroatoms. The summed E-state index contributed by atoms with van der Waals surface area (Å²) < 4.78 is 21.0. The van der Waals surface area contributed by atoms with Gasteiger partial charge in [-0.2, -0.15) is 0 Å². The van der Waals surface area contributed by atoms with Gasteiger partial charge in [0.1, 0.15) is 11.6 Å². The van der Waals surface area contributed by atoms with E-state index in [1.54, 1.807) is 23.9 Å². The van der Waals surface area contributed by atoms with Crippen LogP contribution in [0, 0.1) is 19.7 Å². The predicted molar refractivity (Wildman–Crippen MR) is 102 cm³/mol. The molecule has 3 rings (SSSR count). The van der Waals surface area contributed by atoms with Crippen LogP contribution in [0.1, 0.15) is 35.5 Å². The molecule has 26 heavy (non-hydrogen) atoms. The average Bonchev–Trinajstić information content (AvgIpc) is 2.99. The number of hydrogen-bond acceptors (Lipinski definition) is 4. The van der Waals surface area contributed by atoms with E-state index in [-0.39, 0.29) is 11.9 Å². The van der Waals surface area contributed by atoms with Gasteiger partial charge in [0.05, 0.1) is 0 Å². The van der Waals surface area contributed by atoms with Crippen LogP contribution in [0.25, 0.3) is 0 Å². The summed E-state index contributed by atoms with van der Waals surface area (Å²) in [5.41, 5.74) is 3.37. The Balaban J connectivity index is 1.69. The lowest BCUT2D eigenvalue weighted by molar-refractivity contribution is 0.210. The molecule has 1 heterocycles. The molecule has 0 saturated carbocycles. The lowest BCUT2D eigenvalue weighted by atomic mass is 10.1. The van der Waals surface area contributed by atoms with Crippen molar-refractivity contribution in [3.8, 4) is 5.75 Å². The molecule has 2 aromatic carbocycles. The van der Waals surface area contributed by atoms with Crippen molar-refractivity contribution in [1.29, 1.82) is 0 Å². The maximum absolute atomic E-state index is 13.0. The first-order valence-corrected chi connectivity index (χ1v) is 9.43. The third-order valence-corrected chi connectivity index (χ3v) is 5.46. The summed E-state index contributed by atoms with van der Waals surface area (Å²) in [7, 11) is 1.94. The van der Waals surface area contributed by atoms with Crippen LogP contribution in [-0.4, -0.2) is 14.8 Å². The lowest BCUT2D eigenvalue weighted by Crippen LogP contribution is -2.10. The molecule has 0 amide bonds. The van der Waals surface area contributed by atoms with Gasteiger partial charge in [-0.15, -0.1) is 10.2 Å². The van der Waals surface area contributed by atoms with E-state index in [1.807, 2.05) is 30.7 Å². The number of aromatic nitrogens is 3. The minimum absolute atomic E-state index is 0.215. The highest BCUT2D eigenvalue weighted by molar-refractivity contribution is 7.98. The van der Waals surface area contributed by atoms with Gasteiger partial charge in [0.25, 0.3) is 0 Å². The summed E-state index contributed by atoms with van der Waals surface area (Å²) in [5.74, 6) is 2.11. The van der Waals surface area contributed by atoms with Crippen molar-refractivity contribution < 1.29 is 9.13 Å². The Bertz CT molecular complexity index is 893. The van der Waals surface area contributed by atoms with Crippen LogP contribution in [0.15, 0.2) is 47.6 Å². The first-order chi connectivity index (χ1) is 12.5. The number of aryl methyl sites for hydroxylation is 1.